The first-order chi connectivity index (χ1) is 9.40. The number of nitrogens with two attached hydrogens (primary N) is 1. The van der Waals surface area contributed by atoms with Gasteiger partial charge in [0.1, 0.15) is 17.9 Å². The van der Waals surface area contributed by atoms with Crippen LogP contribution < -0.4 is 16.0 Å². The van der Waals surface area contributed by atoms with Gasteiger partial charge in [-0.15, -0.1) is 0 Å². The lowest BCUT2D eigenvalue weighted by molar-refractivity contribution is 0.457. The highest BCUT2D eigenvalue weighted by Crippen LogP contribution is 2.29. The van der Waals surface area contributed by atoms with Crippen molar-refractivity contribution in [2.45, 2.75) is 33.1 Å². The van der Waals surface area contributed by atoms with Gasteiger partial charge in [0.15, 0.2) is 0 Å². The van der Waals surface area contributed by atoms with E-state index in [2.05, 4.69) is 48.3 Å². The number of benzene rings is 1. The maximum Gasteiger partial charge on any atom is 0.224 e. The molecule has 0 radical (unpaired) electrons. The third-order valence-electron chi connectivity index (χ3n) is 3.05. The molecule has 0 spiro atoms. The van der Waals surface area contributed by atoms with Crippen LogP contribution in [0.1, 0.15) is 31.9 Å². The number of hydrogen-bond acceptors (Lipinski definition) is 5. The van der Waals surface area contributed by atoms with Crippen LogP contribution in [0.4, 0.5) is 5.82 Å². The molecule has 1 aromatic carbocycles. The molecule has 0 aliphatic rings. The van der Waals surface area contributed by atoms with E-state index in [1.165, 1.54) is 11.9 Å². The van der Waals surface area contributed by atoms with Gasteiger partial charge in [-0.3, -0.25) is 0 Å². The minimum atomic E-state index is 0.120. The molecule has 0 aliphatic heterocycles. The molecule has 1 aromatic heterocycles. The van der Waals surface area contributed by atoms with Crippen molar-refractivity contribution in [2.24, 2.45) is 5.84 Å². The van der Waals surface area contributed by atoms with E-state index in [1.54, 1.807) is 6.07 Å². The number of ether oxygens (including phenoxy) is 1. The third-order valence-corrected chi connectivity index (χ3v) is 3.05. The Morgan fingerprint density at radius 2 is 1.90 bits per heavy atom. The van der Waals surface area contributed by atoms with Gasteiger partial charge in [-0.1, -0.05) is 32.9 Å². The summed E-state index contributed by atoms with van der Waals surface area (Å²) >= 11 is 0. The molecule has 0 saturated heterocycles. The van der Waals surface area contributed by atoms with Gasteiger partial charge in [-0.05, 0) is 29.5 Å². The zero-order valence-corrected chi connectivity index (χ0v) is 12.3. The number of nitrogens with one attached hydrogen (secondary N) is 1. The van der Waals surface area contributed by atoms with Crippen LogP contribution in [0.25, 0.3) is 0 Å². The smallest absolute Gasteiger partial charge is 0.224 e. The molecule has 0 saturated carbocycles. The molecule has 5 heteroatoms. The highest BCUT2D eigenvalue weighted by Gasteiger charge is 2.15. The second-order valence-corrected chi connectivity index (χ2v) is 5.72. The van der Waals surface area contributed by atoms with Crippen molar-refractivity contribution in [3.8, 4) is 11.6 Å². The zero-order valence-electron chi connectivity index (χ0n) is 12.3. The molecule has 0 fully saturated rings. The Kier molecular flexibility index (Phi) is 3.90. The number of rotatable bonds is 3. The quantitative estimate of drug-likeness (QED) is 0.663. The summed E-state index contributed by atoms with van der Waals surface area (Å²) in [6, 6.07) is 7.83. The van der Waals surface area contributed by atoms with Gasteiger partial charge in [0.05, 0.1) is 0 Å². The van der Waals surface area contributed by atoms with Crippen LogP contribution in [-0.2, 0) is 5.41 Å². The van der Waals surface area contributed by atoms with Gasteiger partial charge < -0.3 is 10.2 Å². The summed E-state index contributed by atoms with van der Waals surface area (Å²) in [5, 5.41) is 0. The molecule has 1 heterocycles. The first kappa shape index (κ1) is 14.3. The zero-order chi connectivity index (χ0) is 14.8. The van der Waals surface area contributed by atoms with Crippen molar-refractivity contribution in [3.63, 3.8) is 0 Å². The van der Waals surface area contributed by atoms with Crippen molar-refractivity contribution < 1.29 is 4.74 Å². The number of nitrogens with zero attached hydrogens (tertiary/aromatic N) is 2. The number of hydrogen-bond donors (Lipinski definition) is 2. The molecule has 0 unspecified atom stereocenters. The summed E-state index contributed by atoms with van der Waals surface area (Å²) in [5.41, 5.74) is 4.93. The van der Waals surface area contributed by atoms with Gasteiger partial charge in [0.25, 0.3) is 0 Å². The average molecular weight is 272 g/mol. The van der Waals surface area contributed by atoms with E-state index in [4.69, 9.17) is 10.6 Å². The van der Waals surface area contributed by atoms with Crippen LogP contribution in [0.3, 0.4) is 0 Å². The summed E-state index contributed by atoms with van der Waals surface area (Å²) in [6.07, 6.45) is 1.41. The highest BCUT2D eigenvalue weighted by molar-refractivity contribution is 5.42. The molecule has 2 aromatic rings. The van der Waals surface area contributed by atoms with E-state index in [9.17, 15) is 0 Å². The first-order valence-electron chi connectivity index (χ1n) is 6.48. The monoisotopic (exact) mass is 272 g/mol. The molecular formula is C15H20N4O. The number of aryl methyl sites for hydroxylation is 1. The van der Waals surface area contributed by atoms with Crippen LogP contribution >= 0.6 is 0 Å². The largest absolute Gasteiger partial charge is 0.439 e. The first-order valence-corrected chi connectivity index (χ1v) is 6.48. The van der Waals surface area contributed by atoms with E-state index in [-0.39, 0.29) is 5.41 Å². The van der Waals surface area contributed by atoms with Crippen LogP contribution in [0, 0.1) is 6.92 Å². The van der Waals surface area contributed by atoms with Crippen molar-refractivity contribution >= 4 is 5.82 Å². The molecule has 5 nitrogen and oxygen atoms in total. The normalized spacial score (nSPS) is 11.2. The van der Waals surface area contributed by atoms with E-state index in [0.29, 0.717) is 11.7 Å². The molecule has 0 bridgehead atoms. The Morgan fingerprint density at radius 3 is 2.50 bits per heavy atom. The van der Waals surface area contributed by atoms with Gasteiger partial charge >= 0.3 is 0 Å². The predicted octanol–water partition coefficient (Wildman–Crippen LogP) is 3.16. The van der Waals surface area contributed by atoms with E-state index in [0.717, 1.165) is 11.3 Å². The van der Waals surface area contributed by atoms with Gasteiger partial charge in [-0.25, -0.2) is 15.8 Å². The van der Waals surface area contributed by atoms with Crippen molar-refractivity contribution in [1.82, 2.24) is 9.97 Å². The average Bonchev–Trinajstić information content (AvgIpc) is 2.40. The van der Waals surface area contributed by atoms with Gasteiger partial charge in [0.2, 0.25) is 5.88 Å². The number of hydrazine groups is 1. The lowest BCUT2D eigenvalue weighted by atomic mass is 9.86. The fraction of sp³-hybridized carbons (Fsp3) is 0.333. The molecule has 106 valence electrons. The Labute approximate surface area is 119 Å². The van der Waals surface area contributed by atoms with E-state index < -0.39 is 0 Å². The summed E-state index contributed by atoms with van der Waals surface area (Å²) in [6.45, 7) is 8.58. The lowest BCUT2D eigenvalue weighted by Crippen LogP contribution is -2.11. The second kappa shape index (κ2) is 5.46. The third kappa shape index (κ3) is 3.24. The maximum absolute atomic E-state index is 5.77. The minimum Gasteiger partial charge on any atom is -0.439 e. The van der Waals surface area contributed by atoms with E-state index in [1.807, 2.05) is 13.0 Å². The molecule has 0 atom stereocenters. The number of anilines is 1. The topological polar surface area (TPSA) is 73.1 Å². The van der Waals surface area contributed by atoms with Crippen LogP contribution in [-0.4, -0.2) is 9.97 Å². The van der Waals surface area contributed by atoms with Crippen molar-refractivity contribution in [1.29, 1.82) is 0 Å². The lowest BCUT2D eigenvalue weighted by Gasteiger charge is -2.20. The fourth-order valence-electron chi connectivity index (χ4n) is 1.82. The molecule has 3 N–H and O–H groups in total. The minimum absolute atomic E-state index is 0.120. The van der Waals surface area contributed by atoms with Gasteiger partial charge in [0, 0.05) is 6.07 Å². The molecule has 0 aliphatic carbocycles. The fourth-order valence-corrected chi connectivity index (χ4v) is 1.82. The highest BCUT2D eigenvalue weighted by atomic mass is 16.5. The number of aromatic nitrogens is 2. The van der Waals surface area contributed by atoms with Crippen molar-refractivity contribution in [2.75, 3.05) is 5.43 Å². The Balaban J connectivity index is 2.25. The predicted molar refractivity (Wildman–Crippen MR) is 79.8 cm³/mol. The maximum atomic E-state index is 5.77. The second-order valence-electron chi connectivity index (χ2n) is 5.72. The van der Waals surface area contributed by atoms with Gasteiger partial charge in [-0.2, -0.15) is 0 Å². The SMILES string of the molecule is Cc1cc(C(C)(C)C)ccc1Oc1cc(NN)ncn1. The Bertz CT molecular complexity index is 605. The molecular weight excluding hydrogens is 252 g/mol. The Morgan fingerprint density at radius 1 is 1.15 bits per heavy atom. The summed E-state index contributed by atoms with van der Waals surface area (Å²) < 4.78 is 5.77. The summed E-state index contributed by atoms with van der Waals surface area (Å²) in [5.74, 6) is 7.06. The standard InChI is InChI=1S/C15H20N4O/c1-10-7-11(15(2,3)4)5-6-12(10)20-14-8-13(19-16)17-9-18-14/h5-9H,16H2,1-4H3,(H,17,18,19). The van der Waals surface area contributed by atoms with E-state index >= 15 is 0 Å². The summed E-state index contributed by atoms with van der Waals surface area (Å²) in [7, 11) is 0. The molecule has 20 heavy (non-hydrogen) atoms. The van der Waals surface area contributed by atoms with Crippen LogP contribution in [0.5, 0.6) is 11.6 Å². The molecule has 2 rings (SSSR count). The number of nitrogen functional groups attached to an aromatic ring is 1. The Hall–Kier alpha value is -2.14. The summed E-state index contributed by atoms with van der Waals surface area (Å²) in [4.78, 5) is 8.01. The van der Waals surface area contributed by atoms with Crippen molar-refractivity contribution in [3.05, 3.63) is 41.7 Å². The molecule has 0 amide bonds. The van der Waals surface area contributed by atoms with Crippen LogP contribution in [0.2, 0.25) is 0 Å². The van der Waals surface area contributed by atoms with Crippen LogP contribution in [0.15, 0.2) is 30.6 Å².